The van der Waals surface area contributed by atoms with Crippen molar-refractivity contribution in [1.82, 2.24) is 47.5 Å². The maximum absolute atomic E-state index is 14.2. The number of carbonyl (C=O) groups excluding carboxylic acids is 9. The van der Waals surface area contributed by atoms with Gasteiger partial charge in [-0.3, -0.25) is 43.2 Å². The van der Waals surface area contributed by atoms with Crippen LogP contribution in [0.25, 0.3) is 10.9 Å². The molecule has 84 heavy (non-hydrogen) atoms. The number of carboxylic acids is 1. The van der Waals surface area contributed by atoms with Gasteiger partial charge in [-0.15, -0.1) is 0 Å². The number of primary amides is 1. The Kier molecular flexibility index (Phi) is 33.5. The number of carboxylic acid groups (broad SMARTS) is 1. The molecule has 0 saturated heterocycles. The van der Waals surface area contributed by atoms with Gasteiger partial charge in [0, 0.05) is 36.4 Å². The lowest BCUT2D eigenvalue weighted by Crippen LogP contribution is -2.60. The van der Waals surface area contributed by atoms with Crippen molar-refractivity contribution in [3.63, 3.8) is 0 Å². The zero-order valence-corrected chi connectivity index (χ0v) is 49.3. The fourth-order valence-electron chi connectivity index (χ4n) is 9.48. The lowest BCUT2D eigenvalue weighted by atomic mass is 9.97. The summed E-state index contributed by atoms with van der Waals surface area (Å²) in [6, 6.07) is 5.10. The van der Waals surface area contributed by atoms with E-state index in [0.29, 0.717) is 44.1 Å². The van der Waals surface area contributed by atoms with Gasteiger partial charge in [0.05, 0.1) is 19.5 Å². The van der Waals surface area contributed by atoms with E-state index in [1.54, 1.807) is 20.0 Å². The van der Waals surface area contributed by atoms with Crippen molar-refractivity contribution in [2.75, 3.05) is 26.2 Å². The highest BCUT2D eigenvalue weighted by Crippen LogP contribution is 2.20. The zero-order chi connectivity index (χ0) is 61.8. The van der Waals surface area contributed by atoms with Crippen molar-refractivity contribution >= 4 is 70.0 Å². The van der Waals surface area contributed by atoms with Gasteiger partial charge in [0.25, 0.3) is 0 Å². The number of hydrogen-bond acceptors (Lipinski definition) is 13. The van der Waals surface area contributed by atoms with E-state index in [4.69, 9.17) is 17.2 Å². The third kappa shape index (κ3) is 27.2. The molecule has 3 aromatic rings. The number of amides is 9. The van der Waals surface area contributed by atoms with Gasteiger partial charge in [-0.2, -0.15) is 0 Å². The number of unbranched alkanes of at least 4 members (excludes halogenated alkanes) is 12. The number of aromatic nitrogens is 1. The molecule has 0 saturated carbocycles. The summed E-state index contributed by atoms with van der Waals surface area (Å²) in [5, 5.41) is 41.1. The molecule has 0 aliphatic carbocycles. The van der Waals surface area contributed by atoms with Crippen LogP contribution in [-0.4, -0.2) is 137 Å². The molecule has 0 radical (unpaired) electrons. The van der Waals surface area contributed by atoms with Crippen LogP contribution < -0.4 is 59.7 Å². The van der Waals surface area contributed by atoms with E-state index in [0.717, 1.165) is 35.7 Å². The summed E-state index contributed by atoms with van der Waals surface area (Å²) in [5.41, 5.74) is 19.0. The Morgan fingerprint density at radius 1 is 0.536 bits per heavy atom. The number of H-pyrrole nitrogens is 1. The third-order valence-corrected chi connectivity index (χ3v) is 14.6. The molecule has 0 bridgehead atoms. The topological polar surface area (TPSA) is 401 Å². The second-order valence-corrected chi connectivity index (χ2v) is 21.6. The number of aromatic amines is 1. The number of para-hydroxylation sites is 1. The van der Waals surface area contributed by atoms with E-state index < -0.39 is 115 Å². The largest absolute Gasteiger partial charge is 0.508 e. The first-order valence-electron chi connectivity index (χ1n) is 29.9. The van der Waals surface area contributed by atoms with Crippen molar-refractivity contribution in [2.24, 2.45) is 23.1 Å². The van der Waals surface area contributed by atoms with E-state index in [9.17, 15) is 58.2 Å². The molecule has 7 atom stereocenters. The van der Waals surface area contributed by atoms with Crippen LogP contribution in [0.5, 0.6) is 5.75 Å². The zero-order valence-electron chi connectivity index (χ0n) is 49.3. The highest BCUT2D eigenvalue weighted by atomic mass is 16.4. The molecule has 24 nitrogen and oxygen atoms in total. The van der Waals surface area contributed by atoms with Crippen LogP contribution in [0.1, 0.15) is 160 Å². The van der Waals surface area contributed by atoms with E-state index in [1.165, 1.54) is 69.2 Å². The van der Waals surface area contributed by atoms with Crippen molar-refractivity contribution in [3.8, 4) is 5.75 Å². The number of nitrogens with two attached hydrogens (primary N) is 3. The smallest absolute Gasteiger partial charge is 0.326 e. The summed E-state index contributed by atoms with van der Waals surface area (Å²) in [6.07, 6.45) is 15.6. The van der Waals surface area contributed by atoms with Crippen LogP contribution in [0.15, 0.2) is 54.7 Å². The normalized spacial score (nSPS) is 13.6. The maximum Gasteiger partial charge on any atom is 0.326 e. The van der Waals surface area contributed by atoms with Crippen molar-refractivity contribution in [1.29, 1.82) is 0 Å². The Hall–Kier alpha value is -7.60. The number of phenolic OH excluding ortho intramolecular Hbond substituents is 1. The Balaban J connectivity index is 1.66. The molecule has 1 heterocycles. The van der Waals surface area contributed by atoms with Crippen LogP contribution in [0, 0.1) is 5.92 Å². The van der Waals surface area contributed by atoms with Gasteiger partial charge < -0.3 is 74.9 Å². The SMILES string of the molecule is CCCCCCCCCCCCCC(=O)N[C@@H](Cc1c[nH]c2ccccc12)C(=O)NCC(=O)NCC(=O)N[C@H](C(=O)N[C@@H](CCCCN)C(=O)N[C@@H](CCCCN)C(=O)N[C@@H](CC(N)=O)C(=O)N[C@@H](Cc1ccc(O)cc1)C(=O)O)[C@@H](C)CC. The van der Waals surface area contributed by atoms with E-state index >= 15 is 0 Å². The number of carbonyl (C=O) groups is 10. The lowest BCUT2D eigenvalue weighted by Gasteiger charge is -2.28. The average molecular weight is 1180 g/mol. The molecule has 24 heteroatoms. The number of aliphatic carboxylic acids is 1. The quantitative estimate of drug-likeness (QED) is 0.0362. The molecule has 9 amide bonds. The fraction of sp³-hybridized carbons (Fsp3) is 0.600. The second kappa shape index (κ2) is 39.8. The van der Waals surface area contributed by atoms with E-state index in [2.05, 4.69) is 54.4 Å². The van der Waals surface area contributed by atoms with Gasteiger partial charge in [0.15, 0.2) is 0 Å². The Morgan fingerprint density at radius 2 is 1.07 bits per heavy atom. The predicted octanol–water partition coefficient (Wildman–Crippen LogP) is 2.77. The van der Waals surface area contributed by atoms with Crippen LogP contribution >= 0.6 is 0 Å². The van der Waals surface area contributed by atoms with E-state index in [1.807, 2.05) is 24.3 Å². The van der Waals surface area contributed by atoms with Gasteiger partial charge in [0.1, 0.15) is 42.0 Å². The molecule has 2 aromatic carbocycles. The third-order valence-electron chi connectivity index (χ3n) is 14.6. The molecule has 0 fully saturated rings. The van der Waals surface area contributed by atoms with Gasteiger partial charge in [0.2, 0.25) is 53.2 Å². The number of hydrogen-bond donors (Lipinski definition) is 14. The van der Waals surface area contributed by atoms with E-state index in [-0.39, 0.29) is 56.9 Å². The van der Waals surface area contributed by atoms with Gasteiger partial charge >= 0.3 is 5.97 Å². The minimum atomic E-state index is -1.67. The monoisotopic (exact) mass is 1170 g/mol. The summed E-state index contributed by atoms with van der Waals surface area (Å²) in [5.74, 6) is -8.88. The Morgan fingerprint density at radius 3 is 1.64 bits per heavy atom. The molecular weight excluding hydrogens is 1080 g/mol. The maximum atomic E-state index is 14.2. The number of phenols is 1. The highest BCUT2D eigenvalue weighted by molar-refractivity contribution is 5.98. The van der Waals surface area contributed by atoms with Gasteiger partial charge in [-0.05, 0) is 93.3 Å². The molecule has 0 aliphatic rings. The summed E-state index contributed by atoms with van der Waals surface area (Å²) < 4.78 is 0. The number of nitrogens with one attached hydrogen (secondary N) is 9. The summed E-state index contributed by atoms with van der Waals surface area (Å²) in [7, 11) is 0. The van der Waals surface area contributed by atoms with Crippen LogP contribution in [-0.2, 0) is 60.8 Å². The first-order valence-corrected chi connectivity index (χ1v) is 29.9. The van der Waals surface area contributed by atoms with Crippen LogP contribution in [0.2, 0.25) is 0 Å². The predicted molar refractivity (Wildman–Crippen MR) is 319 cm³/mol. The van der Waals surface area contributed by atoms with Crippen LogP contribution in [0.3, 0.4) is 0 Å². The molecule has 17 N–H and O–H groups in total. The molecule has 0 unspecified atom stereocenters. The summed E-state index contributed by atoms with van der Waals surface area (Å²) >= 11 is 0. The lowest BCUT2D eigenvalue weighted by molar-refractivity contribution is -0.142. The first kappa shape index (κ1) is 70.7. The van der Waals surface area contributed by atoms with Crippen LogP contribution in [0.4, 0.5) is 0 Å². The first-order chi connectivity index (χ1) is 40.3. The second-order valence-electron chi connectivity index (χ2n) is 21.6. The standard InChI is InChI=1S/C60H94N12O12/c1-4-6-7-8-9-10-11-12-13-14-15-26-51(75)67-47(34-41-36-64-44-23-17-16-22-43(41)44)55(78)66-37-52(76)65-38-53(77)72-54(39(3)5-2)59(82)69-46(25-19-21-32-62)56(79)68-45(24-18-20-31-61)57(80)70-48(35-50(63)74)58(81)71-49(60(83)84)33-40-27-29-42(73)30-28-40/h16-17,22-23,27-30,36,39,45-49,54,64,73H,4-15,18-21,24-26,31-35,37-38,61-62H2,1-3H3,(H2,63,74)(H,65,76)(H,66,78)(H,67,75)(H,68,79)(H,69,82)(H,70,80)(H,71,81)(H,72,77)(H,83,84)/t39-,45-,46-,47-,48-,49-,54-/m0/s1. The number of benzene rings is 2. The number of fused-ring (bicyclic) bond motifs is 1. The molecule has 1 aromatic heterocycles. The summed E-state index contributed by atoms with van der Waals surface area (Å²) in [6.45, 7) is 5.07. The van der Waals surface area contributed by atoms with Gasteiger partial charge in [-0.1, -0.05) is 122 Å². The van der Waals surface area contributed by atoms with Crippen molar-refractivity contribution < 1.29 is 58.2 Å². The Labute approximate surface area is 493 Å². The molecule has 0 aliphatic heterocycles. The summed E-state index contributed by atoms with van der Waals surface area (Å²) in [4.78, 5) is 137. The molecular formula is C60H94N12O12. The molecule has 466 valence electrons. The Bertz CT molecular complexity index is 2560. The highest BCUT2D eigenvalue weighted by Gasteiger charge is 2.34. The van der Waals surface area contributed by atoms with Crippen molar-refractivity contribution in [3.05, 3.63) is 65.9 Å². The molecule has 0 spiro atoms. The number of rotatable bonds is 44. The fourth-order valence-corrected chi connectivity index (χ4v) is 9.48. The minimum absolute atomic E-state index is 0.00956. The average Bonchev–Trinajstić information content (AvgIpc) is 4.08. The molecule has 3 rings (SSSR count). The van der Waals surface area contributed by atoms with Gasteiger partial charge in [-0.25, -0.2) is 4.79 Å². The minimum Gasteiger partial charge on any atom is -0.508 e. The number of aromatic hydroxyl groups is 1. The van der Waals surface area contributed by atoms with Crippen molar-refractivity contribution in [2.45, 2.75) is 198 Å².